The second kappa shape index (κ2) is 9.45. The molecular weight excluding hydrogens is 528 g/mol. The van der Waals surface area contributed by atoms with Crippen molar-refractivity contribution in [3.63, 3.8) is 0 Å². The Labute approximate surface area is 203 Å². The standard InChI is InChI=1S/C17H23N5O12P2/c1-17(26)12(23)10(7-32-36(30,31)34-35(27,28)29)33-15(17)21-6-9(4-5-22(2,3)16(24)25)11-13(18)19-8-20-14(11)21/h6,8,10,12,15,23,26H,7H2,1-3H3,(H5-,18,19,20,24,25,27,28,29,30,31)/p+1/t10-,12-,15-,17-/m1/s1. The summed E-state index contributed by atoms with van der Waals surface area (Å²) in [5.41, 5.74) is 4.19. The van der Waals surface area contributed by atoms with Gasteiger partial charge in [0.25, 0.3) is 0 Å². The van der Waals surface area contributed by atoms with Crippen LogP contribution in [0.5, 0.6) is 0 Å². The summed E-state index contributed by atoms with van der Waals surface area (Å²) in [6.45, 7) is 0.286. The van der Waals surface area contributed by atoms with Crippen molar-refractivity contribution in [3.8, 4) is 12.0 Å². The van der Waals surface area contributed by atoms with Crippen LogP contribution in [0.2, 0.25) is 0 Å². The highest BCUT2D eigenvalue weighted by molar-refractivity contribution is 7.60. The Bertz CT molecular complexity index is 1340. The maximum atomic E-state index is 11.7. The molecule has 2 aromatic rings. The van der Waals surface area contributed by atoms with Gasteiger partial charge in [-0.05, 0) is 6.92 Å². The van der Waals surface area contributed by atoms with Crippen molar-refractivity contribution in [1.29, 1.82) is 0 Å². The minimum absolute atomic E-state index is 0.0162. The number of aromatic nitrogens is 3. The zero-order valence-corrected chi connectivity index (χ0v) is 20.8. The first-order chi connectivity index (χ1) is 16.4. The average Bonchev–Trinajstić information content (AvgIpc) is 3.19. The van der Waals surface area contributed by atoms with Crippen molar-refractivity contribution in [3.05, 3.63) is 18.1 Å². The average molecular weight is 552 g/mol. The number of hydrogen-bond acceptors (Lipinski definition) is 11. The van der Waals surface area contributed by atoms with Gasteiger partial charge in [-0.15, -0.1) is 0 Å². The van der Waals surface area contributed by atoms with Gasteiger partial charge in [-0.2, -0.15) is 13.6 Å². The molecule has 3 heterocycles. The van der Waals surface area contributed by atoms with E-state index in [9.17, 15) is 34.1 Å². The molecule has 1 amide bonds. The van der Waals surface area contributed by atoms with Crippen LogP contribution in [0.25, 0.3) is 11.0 Å². The number of hydrogen-bond donors (Lipinski definition) is 7. The molecule has 1 aliphatic heterocycles. The highest BCUT2D eigenvalue weighted by Crippen LogP contribution is 2.58. The number of phosphoric ester groups is 1. The molecule has 1 unspecified atom stereocenters. The highest BCUT2D eigenvalue weighted by Gasteiger charge is 2.54. The SMILES string of the molecule is C[C@@]1(O)[C@H](O)[C@@H](COP(=O)(O)OP(=O)(O)O)O[C@H]1n1cc(C#C[N+](C)(C)C(=O)O)c2c(N)ncnc21. The summed E-state index contributed by atoms with van der Waals surface area (Å²) < 4.78 is 37.0. The second-order valence-electron chi connectivity index (χ2n) is 8.41. The number of phosphoric acid groups is 2. The third kappa shape index (κ3) is 5.75. The summed E-state index contributed by atoms with van der Waals surface area (Å²) in [4.78, 5) is 46.3. The van der Waals surface area contributed by atoms with Gasteiger partial charge in [0.05, 0.1) is 31.7 Å². The van der Waals surface area contributed by atoms with Crippen LogP contribution in [0.4, 0.5) is 10.6 Å². The predicted octanol–water partition coefficient (Wildman–Crippen LogP) is -0.687. The number of nitrogens with two attached hydrogens (primary N) is 1. The van der Waals surface area contributed by atoms with Crippen LogP contribution in [0, 0.1) is 12.0 Å². The fourth-order valence-electron chi connectivity index (χ4n) is 3.33. The van der Waals surface area contributed by atoms with Gasteiger partial charge in [-0.1, -0.05) is 0 Å². The number of quaternary nitrogens is 1. The van der Waals surface area contributed by atoms with Gasteiger partial charge in [-0.25, -0.2) is 19.1 Å². The summed E-state index contributed by atoms with van der Waals surface area (Å²) in [7, 11) is -7.97. The van der Waals surface area contributed by atoms with E-state index in [0.717, 1.165) is 6.33 Å². The summed E-state index contributed by atoms with van der Waals surface area (Å²) >= 11 is 0. The van der Waals surface area contributed by atoms with E-state index >= 15 is 0 Å². The van der Waals surface area contributed by atoms with Crippen molar-refractivity contribution < 1.29 is 62.0 Å². The first kappa shape index (κ1) is 28.1. The number of aliphatic hydroxyl groups excluding tert-OH is 1. The molecule has 0 spiro atoms. The van der Waals surface area contributed by atoms with E-state index in [2.05, 4.69) is 30.8 Å². The van der Waals surface area contributed by atoms with Crippen molar-refractivity contribution >= 4 is 38.6 Å². The fraction of sp³-hybridized carbons (Fsp3) is 0.471. The minimum Gasteiger partial charge on any atom is -0.435 e. The second-order valence-corrected chi connectivity index (χ2v) is 11.2. The van der Waals surface area contributed by atoms with E-state index in [1.807, 2.05) is 0 Å². The quantitative estimate of drug-likeness (QED) is 0.133. The third-order valence-electron chi connectivity index (χ3n) is 5.21. The summed E-state index contributed by atoms with van der Waals surface area (Å²) in [5.74, 6) is 2.67. The molecule has 1 aliphatic rings. The molecule has 0 saturated carbocycles. The number of rotatable bonds is 6. The summed E-state index contributed by atoms with van der Waals surface area (Å²) in [5, 5.41) is 31.1. The van der Waals surface area contributed by atoms with Gasteiger partial charge in [0.2, 0.25) is 0 Å². The maximum Gasteiger partial charge on any atom is 0.526 e. The van der Waals surface area contributed by atoms with Crippen molar-refractivity contribution in [2.75, 3.05) is 26.4 Å². The van der Waals surface area contributed by atoms with Crippen molar-refractivity contribution in [1.82, 2.24) is 14.5 Å². The first-order valence-electron chi connectivity index (χ1n) is 9.87. The molecule has 0 radical (unpaired) electrons. The van der Waals surface area contributed by atoms with Crippen LogP contribution in [0.15, 0.2) is 12.5 Å². The van der Waals surface area contributed by atoms with E-state index in [1.54, 1.807) is 0 Å². The first-order valence-corrected chi connectivity index (χ1v) is 12.9. The molecule has 0 bridgehead atoms. The van der Waals surface area contributed by atoms with E-state index in [4.69, 9.17) is 20.3 Å². The summed E-state index contributed by atoms with van der Waals surface area (Å²) in [6, 6.07) is 2.55. The lowest BCUT2D eigenvalue weighted by Crippen LogP contribution is -2.44. The maximum absolute atomic E-state index is 11.7. The molecule has 0 aliphatic carbocycles. The Morgan fingerprint density at radius 3 is 2.56 bits per heavy atom. The van der Waals surface area contributed by atoms with Gasteiger partial charge in [-0.3, -0.25) is 4.52 Å². The number of carbonyl (C=O) groups is 1. The molecule has 1 fully saturated rings. The zero-order valence-electron chi connectivity index (χ0n) is 19.0. The molecule has 8 N–H and O–H groups in total. The number of fused-ring (bicyclic) bond motifs is 1. The zero-order chi connectivity index (χ0) is 27.3. The van der Waals surface area contributed by atoms with Crippen LogP contribution in [0.3, 0.4) is 0 Å². The van der Waals surface area contributed by atoms with E-state index in [-0.39, 0.29) is 22.4 Å². The van der Waals surface area contributed by atoms with Crippen molar-refractivity contribution in [2.24, 2.45) is 0 Å². The van der Waals surface area contributed by atoms with E-state index in [1.165, 1.54) is 31.8 Å². The number of anilines is 1. The molecular formula is C17H24N5O12P2+. The van der Waals surface area contributed by atoms with Gasteiger partial charge in [0, 0.05) is 12.1 Å². The molecule has 3 rings (SSSR count). The Kier molecular flexibility index (Phi) is 7.38. The predicted molar refractivity (Wildman–Crippen MR) is 118 cm³/mol. The topological polar surface area (TPSA) is 257 Å². The van der Waals surface area contributed by atoms with Gasteiger partial charge >= 0.3 is 21.7 Å². The molecule has 5 atom stereocenters. The summed E-state index contributed by atoms with van der Waals surface area (Å²) in [6.07, 6.45) is -3.38. The number of carboxylic acid groups (broad SMARTS) is 1. The van der Waals surface area contributed by atoms with Crippen LogP contribution in [-0.2, 0) is 22.7 Å². The number of nitrogen functional groups attached to an aromatic ring is 1. The molecule has 198 valence electrons. The molecule has 17 nitrogen and oxygen atoms in total. The van der Waals surface area contributed by atoms with Crippen LogP contribution in [-0.4, -0.2) is 93.6 Å². The van der Waals surface area contributed by atoms with Gasteiger partial charge in [0.15, 0.2) is 12.3 Å². The lowest BCUT2D eigenvalue weighted by atomic mass is 9.96. The number of nitrogens with zero attached hydrogens (tertiary/aromatic N) is 4. The van der Waals surface area contributed by atoms with Crippen molar-refractivity contribution in [2.45, 2.75) is 31.0 Å². The monoisotopic (exact) mass is 552 g/mol. The number of ether oxygens (including phenoxy) is 1. The molecule has 0 aromatic carbocycles. The highest BCUT2D eigenvalue weighted by atomic mass is 31.3. The number of amides is 1. The smallest absolute Gasteiger partial charge is 0.435 e. The Morgan fingerprint density at radius 1 is 1.33 bits per heavy atom. The number of aliphatic hydroxyl groups is 2. The van der Waals surface area contributed by atoms with Gasteiger partial charge < -0.3 is 45.0 Å². The Balaban J connectivity index is 1.98. The molecule has 1 saturated heterocycles. The third-order valence-corrected chi connectivity index (χ3v) is 7.36. The largest absolute Gasteiger partial charge is 0.526 e. The molecule has 19 heteroatoms. The van der Waals surface area contributed by atoms with Gasteiger partial charge in [0.1, 0.15) is 35.6 Å². The lowest BCUT2D eigenvalue weighted by Gasteiger charge is -2.27. The van der Waals surface area contributed by atoms with E-state index < -0.39 is 56.9 Å². The normalized spacial score (nSPS) is 26.4. The minimum atomic E-state index is -5.38. The fourth-order valence-corrected chi connectivity index (χ4v) is 4.93. The van der Waals surface area contributed by atoms with E-state index in [0.29, 0.717) is 0 Å². The molecule has 2 aromatic heterocycles. The lowest BCUT2D eigenvalue weighted by molar-refractivity contribution is -0.744. The van der Waals surface area contributed by atoms with Crippen LogP contribution < -0.4 is 5.73 Å². The van der Waals surface area contributed by atoms with Crippen LogP contribution in [0.1, 0.15) is 18.7 Å². The molecule has 36 heavy (non-hydrogen) atoms. The Morgan fingerprint density at radius 2 is 1.97 bits per heavy atom. The Hall–Kier alpha value is -2.45. The van der Waals surface area contributed by atoms with Crippen LogP contribution >= 0.6 is 15.6 Å².